The van der Waals surface area contributed by atoms with Crippen LogP contribution in [0, 0.1) is 0 Å². The minimum absolute atomic E-state index is 0.0152. The third kappa shape index (κ3) is 4.89. The zero-order valence-corrected chi connectivity index (χ0v) is 16.3. The van der Waals surface area contributed by atoms with Gasteiger partial charge in [-0.2, -0.15) is 18.3 Å². The summed E-state index contributed by atoms with van der Waals surface area (Å²) >= 11 is 0. The van der Waals surface area contributed by atoms with Crippen LogP contribution < -0.4 is 10.1 Å². The number of aromatic nitrogens is 3. The van der Waals surface area contributed by atoms with E-state index in [0.717, 1.165) is 36.5 Å². The zero-order valence-electron chi connectivity index (χ0n) is 16.3. The molecule has 2 aromatic carbocycles. The lowest BCUT2D eigenvalue weighted by Crippen LogP contribution is -2.17. The van der Waals surface area contributed by atoms with Gasteiger partial charge < -0.3 is 10.1 Å². The highest BCUT2D eigenvalue weighted by molar-refractivity contribution is 6.08. The summed E-state index contributed by atoms with van der Waals surface area (Å²) in [6.07, 6.45) is -8.72. The number of hydrogen-bond acceptors (Lipinski definition) is 4. The van der Waals surface area contributed by atoms with Crippen LogP contribution in [0.25, 0.3) is 16.9 Å². The van der Waals surface area contributed by atoms with E-state index in [0.29, 0.717) is 10.1 Å². The number of amides is 1. The van der Waals surface area contributed by atoms with Gasteiger partial charge in [0.1, 0.15) is 11.3 Å². The Morgan fingerprint density at radius 1 is 0.939 bits per heavy atom. The normalized spacial score (nSPS) is 12.1. The van der Waals surface area contributed by atoms with E-state index in [1.165, 1.54) is 0 Å². The van der Waals surface area contributed by atoms with E-state index >= 15 is 0 Å². The van der Waals surface area contributed by atoms with Crippen molar-refractivity contribution in [3.8, 4) is 17.0 Å². The van der Waals surface area contributed by atoms with Crippen molar-refractivity contribution < 1.29 is 35.9 Å². The molecule has 6 nitrogen and oxygen atoms in total. The van der Waals surface area contributed by atoms with Gasteiger partial charge in [-0.05, 0) is 30.3 Å². The molecule has 2 heterocycles. The molecule has 0 unspecified atom stereocenters. The number of alkyl halides is 6. The lowest BCUT2D eigenvalue weighted by molar-refractivity contribution is -0.274. The Kier molecular flexibility index (Phi) is 5.44. The van der Waals surface area contributed by atoms with E-state index in [9.17, 15) is 31.1 Å². The van der Waals surface area contributed by atoms with Gasteiger partial charge in [0, 0.05) is 11.3 Å². The molecule has 0 aliphatic heterocycles. The summed E-state index contributed by atoms with van der Waals surface area (Å²) in [4.78, 5) is 16.9. The standard InChI is InChI=1S/C21H12F6N4O2/c22-20(23,24)17-10-16(12-4-2-1-3-5-12)30-18-15(11-28-31(17)18)19(32)29-13-6-8-14(9-7-13)33-21(25,26)27/h1-11H,(H,29,32). The van der Waals surface area contributed by atoms with E-state index in [1.807, 2.05) is 0 Å². The highest BCUT2D eigenvalue weighted by atomic mass is 19.4. The topological polar surface area (TPSA) is 68.5 Å². The molecule has 0 atom stereocenters. The fraction of sp³-hybridized carbons (Fsp3) is 0.0952. The summed E-state index contributed by atoms with van der Waals surface area (Å²) in [6, 6.07) is 13.2. The molecule has 0 bridgehead atoms. The second-order valence-electron chi connectivity index (χ2n) is 6.71. The van der Waals surface area contributed by atoms with E-state index in [-0.39, 0.29) is 22.6 Å². The van der Waals surface area contributed by atoms with Crippen LogP contribution in [0.3, 0.4) is 0 Å². The summed E-state index contributed by atoms with van der Waals surface area (Å²) in [5, 5.41) is 6.06. The van der Waals surface area contributed by atoms with Gasteiger partial charge in [0.25, 0.3) is 5.91 Å². The lowest BCUT2D eigenvalue weighted by Gasteiger charge is -2.12. The van der Waals surface area contributed by atoms with E-state index in [2.05, 4.69) is 20.1 Å². The largest absolute Gasteiger partial charge is 0.573 e. The first-order valence-electron chi connectivity index (χ1n) is 9.20. The van der Waals surface area contributed by atoms with Crippen molar-refractivity contribution in [1.82, 2.24) is 14.6 Å². The molecule has 170 valence electrons. The smallest absolute Gasteiger partial charge is 0.406 e. The molecule has 0 saturated heterocycles. The number of carbonyl (C=O) groups excluding carboxylic acids is 1. The highest BCUT2D eigenvalue weighted by Crippen LogP contribution is 2.33. The number of nitrogens with one attached hydrogen (secondary N) is 1. The summed E-state index contributed by atoms with van der Waals surface area (Å²) in [5.74, 6) is -1.35. The molecule has 0 saturated carbocycles. The Morgan fingerprint density at radius 2 is 1.61 bits per heavy atom. The molecule has 12 heteroatoms. The summed E-state index contributed by atoms with van der Waals surface area (Å²) in [5.41, 5.74) is -1.24. The minimum Gasteiger partial charge on any atom is -0.406 e. The minimum atomic E-state index is -4.87. The average molecular weight is 466 g/mol. The van der Waals surface area contributed by atoms with Crippen LogP contribution in [-0.2, 0) is 6.18 Å². The number of rotatable bonds is 4. The van der Waals surface area contributed by atoms with Crippen LogP contribution in [0.4, 0.5) is 32.0 Å². The molecule has 0 spiro atoms. The molecular formula is C21H12F6N4O2. The third-order valence-corrected chi connectivity index (χ3v) is 4.42. The Labute approximate surface area is 181 Å². The predicted molar refractivity (Wildman–Crippen MR) is 105 cm³/mol. The number of fused-ring (bicyclic) bond motifs is 1. The SMILES string of the molecule is O=C(Nc1ccc(OC(F)(F)F)cc1)c1cnn2c(C(F)(F)F)cc(-c3ccccc3)nc12. The summed E-state index contributed by atoms with van der Waals surface area (Å²) in [7, 11) is 0. The van der Waals surface area contributed by atoms with Crippen molar-refractivity contribution in [1.29, 1.82) is 0 Å². The van der Waals surface area contributed by atoms with Crippen molar-refractivity contribution in [2.24, 2.45) is 0 Å². The van der Waals surface area contributed by atoms with Crippen molar-refractivity contribution in [3.63, 3.8) is 0 Å². The number of hydrogen-bond donors (Lipinski definition) is 1. The van der Waals surface area contributed by atoms with Gasteiger partial charge in [-0.1, -0.05) is 30.3 Å². The fourth-order valence-corrected chi connectivity index (χ4v) is 3.02. The van der Waals surface area contributed by atoms with Crippen LogP contribution in [0.2, 0.25) is 0 Å². The van der Waals surface area contributed by atoms with Gasteiger partial charge in [-0.3, -0.25) is 4.79 Å². The molecule has 2 aromatic heterocycles. The summed E-state index contributed by atoms with van der Waals surface area (Å²) in [6.45, 7) is 0. The number of ether oxygens (including phenoxy) is 1. The van der Waals surface area contributed by atoms with Gasteiger partial charge in [0.15, 0.2) is 11.3 Å². The van der Waals surface area contributed by atoms with Crippen LogP contribution in [0.15, 0.2) is 66.9 Å². The molecule has 33 heavy (non-hydrogen) atoms. The first-order chi connectivity index (χ1) is 15.5. The number of benzene rings is 2. The number of carbonyl (C=O) groups is 1. The predicted octanol–water partition coefficient (Wildman–Crippen LogP) is 5.57. The maximum atomic E-state index is 13.6. The van der Waals surface area contributed by atoms with Crippen LogP contribution in [-0.4, -0.2) is 26.9 Å². The van der Waals surface area contributed by atoms with Crippen LogP contribution in [0.1, 0.15) is 16.1 Å². The third-order valence-electron chi connectivity index (χ3n) is 4.42. The van der Waals surface area contributed by atoms with Gasteiger partial charge in [-0.15, -0.1) is 13.2 Å². The van der Waals surface area contributed by atoms with Crippen molar-refractivity contribution in [2.75, 3.05) is 5.32 Å². The number of anilines is 1. The number of halogens is 6. The van der Waals surface area contributed by atoms with Crippen LogP contribution in [0.5, 0.6) is 5.75 Å². The molecule has 4 aromatic rings. The van der Waals surface area contributed by atoms with Gasteiger partial charge in [0.05, 0.1) is 11.9 Å². The Morgan fingerprint density at radius 3 is 2.21 bits per heavy atom. The molecule has 0 aliphatic rings. The van der Waals surface area contributed by atoms with Gasteiger partial charge in [0.2, 0.25) is 0 Å². The zero-order chi connectivity index (χ0) is 23.8. The molecule has 0 radical (unpaired) electrons. The Bertz CT molecular complexity index is 1300. The summed E-state index contributed by atoms with van der Waals surface area (Å²) < 4.78 is 82.0. The Balaban J connectivity index is 1.70. The molecule has 4 rings (SSSR count). The second-order valence-corrected chi connectivity index (χ2v) is 6.71. The fourth-order valence-electron chi connectivity index (χ4n) is 3.02. The monoisotopic (exact) mass is 466 g/mol. The van der Waals surface area contributed by atoms with Crippen molar-refractivity contribution in [3.05, 3.63) is 78.1 Å². The van der Waals surface area contributed by atoms with Gasteiger partial charge >= 0.3 is 12.5 Å². The lowest BCUT2D eigenvalue weighted by atomic mass is 10.1. The highest BCUT2D eigenvalue weighted by Gasteiger charge is 2.36. The van der Waals surface area contributed by atoms with E-state index in [1.54, 1.807) is 30.3 Å². The van der Waals surface area contributed by atoms with Crippen molar-refractivity contribution in [2.45, 2.75) is 12.5 Å². The van der Waals surface area contributed by atoms with E-state index < -0.39 is 29.9 Å². The molecule has 1 amide bonds. The van der Waals surface area contributed by atoms with Crippen LogP contribution >= 0.6 is 0 Å². The maximum absolute atomic E-state index is 13.6. The molecule has 0 aliphatic carbocycles. The molecular weight excluding hydrogens is 454 g/mol. The van der Waals surface area contributed by atoms with Gasteiger partial charge in [-0.25, -0.2) is 9.50 Å². The first kappa shape index (κ1) is 22.1. The van der Waals surface area contributed by atoms with Crippen molar-refractivity contribution >= 4 is 17.2 Å². The number of nitrogens with zero attached hydrogens (tertiary/aromatic N) is 3. The quantitative estimate of drug-likeness (QED) is 0.400. The first-order valence-corrected chi connectivity index (χ1v) is 9.20. The molecule has 0 fully saturated rings. The second kappa shape index (κ2) is 8.11. The Hall–Kier alpha value is -4.09. The molecule has 1 N–H and O–H groups in total. The average Bonchev–Trinajstić information content (AvgIpc) is 3.17. The maximum Gasteiger partial charge on any atom is 0.573 e. The van der Waals surface area contributed by atoms with E-state index in [4.69, 9.17) is 0 Å².